The maximum atomic E-state index is 12.9. The first-order valence-corrected chi connectivity index (χ1v) is 10.7. The Labute approximate surface area is 167 Å². The number of amides is 2. The topological polar surface area (TPSA) is 64.7 Å². The van der Waals surface area contributed by atoms with Gasteiger partial charge < -0.3 is 15.5 Å². The number of carbonyl (C=O) groups excluding carboxylic acids is 2. The lowest BCUT2D eigenvalue weighted by molar-refractivity contribution is -0.122. The molecule has 2 heterocycles. The molecule has 2 amide bonds. The maximum absolute atomic E-state index is 12.9. The Kier molecular flexibility index (Phi) is 5.58. The summed E-state index contributed by atoms with van der Waals surface area (Å²) in [6, 6.07) is 6.45. The van der Waals surface area contributed by atoms with Crippen molar-refractivity contribution in [3.8, 4) is 0 Å². The van der Waals surface area contributed by atoms with Gasteiger partial charge in [-0.3, -0.25) is 14.5 Å². The first kappa shape index (κ1) is 19.2. The Hall–Kier alpha value is -2.08. The third kappa shape index (κ3) is 4.02. The first-order valence-electron chi connectivity index (χ1n) is 10.7. The van der Waals surface area contributed by atoms with Crippen LogP contribution in [0.4, 0.5) is 5.69 Å². The summed E-state index contributed by atoms with van der Waals surface area (Å²) >= 11 is 0. The summed E-state index contributed by atoms with van der Waals surface area (Å²) in [5.74, 6) is 0.186. The standard InChI is InChI=1S/C22H32N4O2/c1-15(2)25-9-11-26(12-10-25)22(28)16-7-8-19-17(13-16)14-20(24-19)21(27)23-18-5-3-4-6-18/h7-8,13,15,18,20,24H,3-6,9-12,14H2,1-2H3,(H,23,27). The van der Waals surface area contributed by atoms with Crippen LogP contribution in [-0.4, -0.2) is 65.9 Å². The molecule has 2 aliphatic heterocycles. The highest BCUT2D eigenvalue weighted by Gasteiger charge is 2.30. The van der Waals surface area contributed by atoms with Gasteiger partial charge >= 0.3 is 0 Å². The number of nitrogens with zero attached hydrogens (tertiary/aromatic N) is 2. The highest BCUT2D eigenvalue weighted by molar-refractivity contribution is 5.96. The molecule has 0 bridgehead atoms. The lowest BCUT2D eigenvalue weighted by atomic mass is 10.0. The van der Waals surface area contributed by atoms with Crippen LogP contribution >= 0.6 is 0 Å². The predicted octanol–water partition coefficient (Wildman–Crippen LogP) is 2.25. The van der Waals surface area contributed by atoms with Gasteiger partial charge in [-0.1, -0.05) is 12.8 Å². The summed E-state index contributed by atoms with van der Waals surface area (Å²) in [7, 11) is 0. The number of benzene rings is 1. The Morgan fingerprint density at radius 2 is 1.82 bits per heavy atom. The van der Waals surface area contributed by atoms with Crippen LogP contribution in [-0.2, 0) is 11.2 Å². The van der Waals surface area contributed by atoms with E-state index in [0.717, 1.165) is 55.8 Å². The molecule has 2 fully saturated rings. The molecule has 1 unspecified atom stereocenters. The fourth-order valence-electron chi connectivity index (χ4n) is 4.65. The van der Waals surface area contributed by atoms with E-state index in [2.05, 4.69) is 29.4 Å². The fraction of sp³-hybridized carbons (Fsp3) is 0.636. The largest absolute Gasteiger partial charge is 0.373 e. The Bertz CT molecular complexity index is 734. The van der Waals surface area contributed by atoms with Crippen LogP contribution in [0, 0.1) is 0 Å². The van der Waals surface area contributed by atoms with E-state index in [-0.39, 0.29) is 17.9 Å². The minimum atomic E-state index is -0.226. The molecule has 1 saturated carbocycles. The van der Waals surface area contributed by atoms with E-state index >= 15 is 0 Å². The normalized spacial score (nSPS) is 23.0. The molecule has 6 nitrogen and oxygen atoms in total. The van der Waals surface area contributed by atoms with Gasteiger partial charge in [0, 0.05) is 55.9 Å². The lowest BCUT2D eigenvalue weighted by Gasteiger charge is -2.37. The van der Waals surface area contributed by atoms with E-state index in [9.17, 15) is 9.59 Å². The van der Waals surface area contributed by atoms with Gasteiger partial charge in [0.25, 0.3) is 5.91 Å². The van der Waals surface area contributed by atoms with Crippen molar-refractivity contribution in [1.29, 1.82) is 0 Å². The van der Waals surface area contributed by atoms with Crippen molar-refractivity contribution in [2.24, 2.45) is 0 Å². The third-order valence-corrected chi connectivity index (χ3v) is 6.46. The molecule has 6 heteroatoms. The van der Waals surface area contributed by atoms with Crippen LogP contribution in [0.1, 0.15) is 55.5 Å². The van der Waals surface area contributed by atoms with Crippen LogP contribution in [0.5, 0.6) is 0 Å². The van der Waals surface area contributed by atoms with Crippen molar-refractivity contribution in [3.63, 3.8) is 0 Å². The molecule has 2 N–H and O–H groups in total. The molecule has 1 saturated heterocycles. The number of nitrogens with one attached hydrogen (secondary N) is 2. The number of fused-ring (bicyclic) bond motifs is 1. The van der Waals surface area contributed by atoms with E-state index in [4.69, 9.17) is 0 Å². The Morgan fingerprint density at radius 1 is 1.11 bits per heavy atom. The fourth-order valence-corrected chi connectivity index (χ4v) is 4.65. The summed E-state index contributed by atoms with van der Waals surface area (Å²) in [5.41, 5.74) is 2.78. The zero-order valence-corrected chi connectivity index (χ0v) is 17.0. The summed E-state index contributed by atoms with van der Waals surface area (Å²) in [6.07, 6.45) is 5.25. The van der Waals surface area contributed by atoms with Crippen LogP contribution in [0.15, 0.2) is 18.2 Å². The number of rotatable bonds is 4. The molecule has 1 aromatic carbocycles. The number of carbonyl (C=O) groups is 2. The Morgan fingerprint density at radius 3 is 2.50 bits per heavy atom. The van der Waals surface area contributed by atoms with Crippen LogP contribution in [0.25, 0.3) is 0 Å². The molecule has 1 atom stereocenters. The van der Waals surface area contributed by atoms with Crippen molar-refractivity contribution in [2.45, 2.75) is 64.1 Å². The average Bonchev–Trinajstić information content (AvgIpc) is 3.36. The van der Waals surface area contributed by atoms with Crippen molar-refractivity contribution >= 4 is 17.5 Å². The van der Waals surface area contributed by atoms with Gasteiger partial charge in [0.1, 0.15) is 6.04 Å². The molecule has 0 spiro atoms. The molecule has 4 rings (SSSR count). The van der Waals surface area contributed by atoms with E-state index in [1.54, 1.807) is 0 Å². The van der Waals surface area contributed by atoms with Crippen LogP contribution in [0.3, 0.4) is 0 Å². The molecular formula is C22H32N4O2. The van der Waals surface area contributed by atoms with Crippen LogP contribution < -0.4 is 10.6 Å². The van der Waals surface area contributed by atoms with Gasteiger partial charge in [-0.25, -0.2) is 0 Å². The second-order valence-corrected chi connectivity index (χ2v) is 8.68. The summed E-state index contributed by atoms with van der Waals surface area (Å²) in [6.45, 7) is 7.81. The summed E-state index contributed by atoms with van der Waals surface area (Å²) < 4.78 is 0. The molecule has 28 heavy (non-hydrogen) atoms. The van der Waals surface area contributed by atoms with E-state index in [0.29, 0.717) is 18.5 Å². The molecule has 3 aliphatic rings. The first-order chi connectivity index (χ1) is 13.5. The highest BCUT2D eigenvalue weighted by Crippen LogP contribution is 2.28. The van der Waals surface area contributed by atoms with Crippen molar-refractivity contribution in [3.05, 3.63) is 29.3 Å². The summed E-state index contributed by atoms with van der Waals surface area (Å²) in [4.78, 5) is 29.9. The second-order valence-electron chi connectivity index (χ2n) is 8.68. The minimum absolute atomic E-state index is 0.0841. The molecule has 0 radical (unpaired) electrons. The van der Waals surface area contributed by atoms with Gasteiger partial charge in [0.05, 0.1) is 0 Å². The van der Waals surface area contributed by atoms with Crippen molar-refractivity contribution < 1.29 is 9.59 Å². The van der Waals surface area contributed by atoms with Gasteiger partial charge in [-0.2, -0.15) is 0 Å². The molecule has 152 valence electrons. The number of hydrogen-bond acceptors (Lipinski definition) is 4. The van der Waals surface area contributed by atoms with E-state index in [1.165, 1.54) is 12.8 Å². The van der Waals surface area contributed by atoms with E-state index in [1.807, 2.05) is 23.1 Å². The third-order valence-electron chi connectivity index (χ3n) is 6.46. The smallest absolute Gasteiger partial charge is 0.253 e. The van der Waals surface area contributed by atoms with Gasteiger partial charge in [0.2, 0.25) is 5.91 Å². The van der Waals surface area contributed by atoms with Crippen molar-refractivity contribution in [1.82, 2.24) is 15.1 Å². The van der Waals surface area contributed by atoms with Gasteiger partial charge in [-0.15, -0.1) is 0 Å². The van der Waals surface area contributed by atoms with Crippen molar-refractivity contribution in [2.75, 3.05) is 31.5 Å². The molecule has 1 aromatic rings. The SMILES string of the molecule is CC(C)N1CCN(C(=O)c2ccc3c(c2)CC(C(=O)NC2CCCC2)N3)CC1. The second kappa shape index (κ2) is 8.11. The summed E-state index contributed by atoms with van der Waals surface area (Å²) in [5, 5.41) is 6.51. The number of anilines is 1. The van der Waals surface area contributed by atoms with Crippen LogP contribution in [0.2, 0.25) is 0 Å². The minimum Gasteiger partial charge on any atom is -0.373 e. The Balaban J connectivity index is 1.36. The number of piperazine rings is 1. The zero-order valence-electron chi connectivity index (χ0n) is 17.0. The van der Waals surface area contributed by atoms with E-state index < -0.39 is 0 Å². The predicted molar refractivity (Wildman–Crippen MR) is 111 cm³/mol. The monoisotopic (exact) mass is 384 g/mol. The molecule has 1 aliphatic carbocycles. The zero-order chi connectivity index (χ0) is 19.7. The number of hydrogen-bond donors (Lipinski definition) is 2. The lowest BCUT2D eigenvalue weighted by Crippen LogP contribution is -2.50. The maximum Gasteiger partial charge on any atom is 0.253 e. The molecule has 0 aromatic heterocycles. The quantitative estimate of drug-likeness (QED) is 0.836. The molecular weight excluding hydrogens is 352 g/mol. The van der Waals surface area contributed by atoms with Gasteiger partial charge in [-0.05, 0) is 50.5 Å². The highest BCUT2D eigenvalue weighted by atomic mass is 16.2. The van der Waals surface area contributed by atoms with Gasteiger partial charge in [0.15, 0.2) is 0 Å². The average molecular weight is 385 g/mol.